The van der Waals surface area contributed by atoms with E-state index in [4.69, 9.17) is 0 Å². The van der Waals surface area contributed by atoms with Crippen molar-refractivity contribution in [2.24, 2.45) is 11.8 Å². The summed E-state index contributed by atoms with van der Waals surface area (Å²) in [5.74, 6) is 0.420. The Morgan fingerprint density at radius 3 is 2.43 bits per heavy atom. The molecule has 1 aromatic rings. The highest BCUT2D eigenvalue weighted by molar-refractivity contribution is 5.94. The highest BCUT2D eigenvalue weighted by Gasteiger charge is 2.34. The fourth-order valence-electron chi connectivity index (χ4n) is 3.94. The van der Waals surface area contributed by atoms with Gasteiger partial charge in [-0.15, -0.1) is 0 Å². The quantitative estimate of drug-likeness (QED) is 0.826. The number of hydrogen-bond acceptors (Lipinski definition) is 4. The van der Waals surface area contributed by atoms with Gasteiger partial charge in [0.15, 0.2) is 0 Å². The lowest BCUT2D eigenvalue weighted by atomic mass is 9.98. The van der Waals surface area contributed by atoms with Crippen molar-refractivity contribution < 1.29 is 14.4 Å². The Morgan fingerprint density at radius 2 is 1.75 bits per heavy atom. The van der Waals surface area contributed by atoms with Crippen LogP contribution in [0, 0.1) is 11.8 Å². The molecule has 1 saturated carbocycles. The molecule has 3 fully saturated rings. The lowest BCUT2D eigenvalue weighted by Crippen LogP contribution is -2.40. The molecular formula is C21H28N4O3. The second-order valence-corrected chi connectivity index (χ2v) is 8.02. The van der Waals surface area contributed by atoms with Crippen LogP contribution >= 0.6 is 0 Å². The van der Waals surface area contributed by atoms with E-state index in [2.05, 4.69) is 15.5 Å². The second kappa shape index (κ2) is 8.20. The Bertz CT molecular complexity index is 735. The van der Waals surface area contributed by atoms with E-state index in [0.29, 0.717) is 25.3 Å². The van der Waals surface area contributed by atoms with E-state index in [1.54, 1.807) is 0 Å². The van der Waals surface area contributed by atoms with E-state index in [-0.39, 0.29) is 23.7 Å². The number of rotatable bonds is 4. The molecule has 1 unspecified atom stereocenters. The zero-order chi connectivity index (χ0) is 19.5. The van der Waals surface area contributed by atoms with Crippen molar-refractivity contribution in [3.05, 3.63) is 24.3 Å². The molecular weight excluding hydrogens is 356 g/mol. The summed E-state index contributed by atoms with van der Waals surface area (Å²) in [5, 5.41) is 5.69. The lowest BCUT2D eigenvalue weighted by molar-refractivity contribution is -0.132. The number of amides is 3. The average molecular weight is 384 g/mol. The first kappa shape index (κ1) is 18.8. The second-order valence-electron chi connectivity index (χ2n) is 8.02. The van der Waals surface area contributed by atoms with Crippen LogP contribution in [0.4, 0.5) is 11.4 Å². The molecule has 4 rings (SSSR count). The predicted molar refractivity (Wildman–Crippen MR) is 107 cm³/mol. The minimum Gasteiger partial charge on any atom is -0.370 e. The van der Waals surface area contributed by atoms with E-state index in [0.717, 1.165) is 56.8 Å². The summed E-state index contributed by atoms with van der Waals surface area (Å²) in [6, 6.07) is 7.90. The molecule has 1 aliphatic carbocycles. The summed E-state index contributed by atoms with van der Waals surface area (Å²) >= 11 is 0. The third-order valence-corrected chi connectivity index (χ3v) is 5.87. The molecule has 7 heteroatoms. The molecule has 0 spiro atoms. The first-order valence-corrected chi connectivity index (χ1v) is 10.3. The van der Waals surface area contributed by atoms with Crippen LogP contribution in [-0.2, 0) is 14.4 Å². The monoisotopic (exact) mass is 384 g/mol. The Balaban J connectivity index is 1.30. The number of nitrogens with zero attached hydrogens (tertiary/aromatic N) is 2. The molecule has 1 atom stereocenters. The number of carbonyl (C=O) groups excluding carboxylic acids is 3. The molecule has 2 aliphatic heterocycles. The number of anilines is 2. The smallest absolute Gasteiger partial charge is 0.229 e. The molecule has 0 aromatic heterocycles. The minimum absolute atomic E-state index is 0.0169. The van der Waals surface area contributed by atoms with Gasteiger partial charge in [0.25, 0.3) is 0 Å². The Hall–Kier alpha value is -2.57. The highest BCUT2D eigenvalue weighted by atomic mass is 16.2. The van der Waals surface area contributed by atoms with Gasteiger partial charge < -0.3 is 20.4 Å². The lowest BCUT2D eigenvalue weighted by Gasteiger charge is -2.24. The summed E-state index contributed by atoms with van der Waals surface area (Å²) in [7, 11) is 0. The summed E-state index contributed by atoms with van der Waals surface area (Å²) < 4.78 is 0. The van der Waals surface area contributed by atoms with Gasteiger partial charge in [0.1, 0.15) is 0 Å². The Labute approximate surface area is 165 Å². The van der Waals surface area contributed by atoms with Gasteiger partial charge in [-0.1, -0.05) is 0 Å². The topological polar surface area (TPSA) is 81.8 Å². The van der Waals surface area contributed by atoms with Crippen molar-refractivity contribution in [1.82, 2.24) is 10.2 Å². The number of hydrogen-bond donors (Lipinski definition) is 2. The van der Waals surface area contributed by atoms with E-state index < -0.39 is 0 Å². The maximum Gasteiger partial charge on any atom is 0.229 e. The standard InChI is InChI=1S/C21H28N4O3/c26-19-9-4-16(14-22-19)20(27)23-17-5-7-18(8-6-17)24-10-1-11-25(13-12-24)21(28)15-2-3-15/h5-8,15-16H,1-4,9-14H2,(H,22,26)(H,23,27). The third kappa shape index (κ3) is 4.46. The van der Waals surface area contributed by atoms with Gasteiger partial charge in [0.05, 0.1) is 5.92 Å². The van der Waals surface area contributed by atoms with Crippen LogP contribution in [0.25, 0.3) is 0 Å². The molecule has 28 heavy (non-hydrogen) atoms. The van der Waals surface area contributed by atoms with Gasteiger partial charge in [-0.05, 0) is 49.9 Å². The van der Waals surface area contributed by atoms with Crippen LogP contribution in [0.15, 0.2) is 24.3 Å². The number of carbonyl (C=O) groups is 3. The molecule has 2 N–H and O–H groups in total. The fourth-order valence-corrected chi connectivity index (χ4v) is 3.94. The summed E-state index contributed by atoms with van der Waals surface area (Å²) in [5.41, 5.74) is 1.88. The molecule has 3 aliphatic rings. The molecule has 2 heterocycles. The van der Waals surface area contributed by atoms with E-state index in [1.165, 1.54) is 0 Å². The van der Waals surface area contributed by atoms with Crippen molar-refractivity contribution in [3.63, 3.8) is 0 Å². The molecule has 7 nitrogen and oxygen atoms in total. The van der Waals surface area contributed by atoms with Gasteiger partial charge >= 0.3 is 0 Å². The normalized spacial score (nSPS) is 23.0. The summed E-state index contributed by atoms with van der Waals surface area (Å²) in [6.45, 7) is 3.81. The third-order valence-electron chi connectivity index (χ3n) is 5.87. The maximum atomic E-state index is 12.4. The Morgan fingerprint density at radius 1 is 0.964 bits per heavy atom. The van der Waals surface area contributed by atoms with E-state index in [1.807, 2.05) is 29.2 Å². The van der Waals surface area contributed by atoms with Crippen LogP contribution in [0.2, 0.25) is 0 Å². The van der Waals surface area contributed by atoms with Crippen molar-refractivity contribution in [1.29, 1.82) is 0 Å². The van der Waals surface area contributed by atoms with Crippen molar-refractivity contribution in [3.8, 4) is 0 Å². The van der Waals surface area contributed by atoms with E-state index >= 15 is 0 Å². The average Bonchev–Trinajstić information content (AvgIpc) is 3.56. The van der Waals surface area contributed by atoms with Gasteiger partial charge in [-0.25, -0.2) is 0 Å². The van der Waals surface area contributed by atoms with Gasteiger partial charge in [0, 0.05) is 56.4 Å². The van der Waals surface area contributed by atoms with Crippen molar-refractivity contribution in [2.45, 2.75) is 32.1 Å². The molecule has 0 radical (unpaired) electrons. The zero-order valence-corrected chi connectivity index (χ0v) is 16.2. The highest BCUT2D eigenvalue weighted by Crippen LogP contribution is 2.31. The summed E-state index contributed by atoms with van der Waals surface area (Å²) in [4.78, 5) is 40.2. The zero-order valence-electron chi connectivity index (χ0n) is 16.2. The predicted octanol–water partition coefficient (Wildman–Crippen LogP) is 1.60. The molecule has 150 valence electrons. The largest absolute Gasteiger partial charge is 0.370 e. The van der Waals surface area contributed by atoms with Crippen molar-refractivity contribution >= 4 is 29.1 Å². The number of benzene rings is 1. The van der Waals surface area contributed by atoms with Crippen LogP contribution in [-0.4, -0.2) is 55.3 Å². The molecule has 3 amide bonds. The first-order chi connectivity index (χ1) is 13.6. The van der Waals surface area contributed by atoms with Gasteiger partial charge in [-0.3, -0.25) is 14.4 Å². The SMILES string of the molecule is O=C1CCC(C(=O)Nc2ccc(N3CCCN(C(=O)C4CC4)CC3)cc2)CN1. The van der Waals surface area contributed by atoms with Crippen LogP contribution in [0.5, 0.6) is 0 Å². The van der Waals surface area contributed by atoms with Crippen molar-refractivity contribution in [2.75, 3.05) is 42.9 Å². The minimum atomic E-state index is -0.169. The molecule has 0 bridgehead atoms. The molecule has 2 saturated heterocycles. The van der Waals surface area contributed by atoms with Crippen LogP contribution < -0.4 is 15.5 Å². The number of piperidine rings is 1. The van der Waals surface area contributed by atoms with Gasteiger partial charge in [0.2, 0.25) is 17.7 Å². The van der Waals surface area contributed by atoms with E-state index in [9.17, 15) is 14.4 Å². The molecule has 1 aromatic carbocycles. The summed E-state index contributed by atoms with van der Waals surface area (Å²) in [6.07, 6.45) is 4.09. The first-order valence-electron chi connectivity index (χ1n) is 10.3. The van der Waals surface area contributed by atoms with Crippen LogP contribution in [0.1, 0.15) is 32.1 Å². The number of nitrogens with one attached hydrogen (secondary N) is 2. The van der Waals surface area contributed by atoms with Gasteiger partial charge in [-0.2, -0.15) is 0 Å². The maximum absolute atomic E-state index is 12.4. The van der Waals surface area contributed by atoms with Crippen LogP contribution in [0.3, 0.4) is 0 Å². The Kier molecular flexibility index (Phi) is 5.50. The fraction of sp³-hybridized carbons (Fsp3) is 0.571.